The number of para-hydroxylation sites is 1. The van der Waals surface area contributed by atoms with Gasteiger partial charge in [-0.3, -0.25) is 9.67 Å². The summed E-state index contributed by atoms with van der Waals surface area (Å²) < 4.78 is 7.38. The van der Waals surface area contributed by atoms with Crippen molar-refractivity contribution >= 4 is 27.4 Å². The highest BCUT2D eigenvalue weighted by Gasteiger charge is 2.16. The molecular formula is C29H26N6O. The number of aromatic nitrogens is 5. The van der Waals surface area contributed by atoms with Crippen LogP contribution >= 0.6 is 0 Å². The fourth-order valence-electron chi connectivity index (χ4n) is 4.95. The van der Waals surface area contributed by atoms with Crippen molar-refractivity contribution in [2.45, 2.75) is 26.8 Å². The molecule has 0 radical (unpaired) electrons. The van der Waals surface area contributed by atoms with Gasteiger partial charge in [-0.15, -0.1) is 10.2 Å². The molecule has 7 heteroatoms. The van der Waals surface area contributed by atoms with Gasteiger partial charge >= 0.3 is 0 Å². The first-order chi connectivity index (χ1) is 17.5. The molecule has 0 aliphatic heterocycles. The number of rotatable bonds is 5. The third-order valence-electron chi connectivity index (χ3n) is 6.70. The van der Waals surface area contributed by atoms with Crippen LogP contribution in [0.15, 0.2) is 77.7 Å². The maximum Gasteiger partial charge on any atom is 0.249 e. The van der Waals surface area contributed by atoms with Gasteiger partial charge in [0.25, 0.3) is 0 Å². The van der Waals surface area contributed by atoms with Crippen LogP contribution in [-0.2, 0) is 7.05 Å². The summed E-state index contributed by atoms with van der Waals surface area (Å²) in [6.45, 7) is 6.33. The zero-order valence-corrected chi connectivity index (χ0v) is 20.6. The molecule has 3 heterocycles. The zero-order chi connectivity index (χ0) is 24.8. The van der Waals surface area contributed by atoms with E-state index in [0.717, 1.165) is 44.5 Å². The first-order valence-corrected chi connectivity index (χ1v) is 11.9. The van der Waals surface area contributed by atoms with Crippen LogP contribution in [0.25, 0.3) is 44.4 Å². The highest BCUT2D eigenvalue weighted by molar-refractivity contribution is 5.92. The second kappa shape index (κ2) is 8.61. The van der Waals surface area contributed by atoms with E-state index in [1.165, 1.54) is 22.9 Å². The van der Waals surface area contributed by atoms with Crippen LogP contribution in [0.4, 0.5) is 5.69 Å². The van der Waals surface area contributed by atoms with Crippen molar-refractivity contribution < 1.29 is 4.42 Å². The summed E-state index contributed by atoms with van der Waals surface area (Å²) in [5.74, 6) is 0.493. The first-order valence-electron chi connectivity index (χ1n) is 11.9. The summed E-state index contributed by atoms with van der Waals surface area (Å²) in [6, 6.07) is 21.0. The quantitative estimate of drug-likeness (QED) is 0.302. The van der Waals surface area contributed by atoms with Crippen molar-refractivity contribution in [1.82, 2.24) is 25.0 Å². The molecule has 1 N–H and O–H groups in total. The highest BCUT2D eigenvalue weighted by atomic mass is 16.4. The normalized spacial score (nSPS) is 12.3. The second-order valence-corrected chi connectivity index (χ2v) is 9.24. The maximum atomic E-state index is 5.47. The molecule has 3 aromatic carbocycles. The Labute approximate surface area is 208 Å². The Morgan fingerprint density at radius 1 is 0.972 bits per heavy atom. The van der Waals surface area contributed by atoms with E-state index in [2.05, 4.69) is 70.9 Å². The van der Waals surface area contributed by atoms with Gasteiger partial charge in [0.2, 0.25) is 12.3 Å². The van der Waals surface area contributed by atoms with Gasteiger partial charge in [-0.2, -0.15) is 5.10 Å². The van der Waals surface area contributed by atoms with Gasteiger partial charge in [0.05, 0.1) is 22.5 Å². The molecule has 3 aromatic heterocycles. The van der Waals surface area contributed by atoms with Gasteiger partial charge < -0.3 is 9.73 Å². The van der Waals surface area contributed by atoms with Crippen LogP contribution in [0, 0.1) is 13.8 Å². The minimum absolute atomic E-state index is 0.0229. The fraction of sp³-hybridized carbons (Fsp3) is 0.172. The van der Waals surface area contributed by atoms with Gasteiger partial charge in [-0.1, -0.05) is 29.8 Å². The number of pyridine rings is 1. The maximum absolute atomic E-state index is 5.47. The van der Waals surface area contributed by atoms with Gasteiger partial charge in [0.15, 0.2) is 0 Å². The number of nitrogens with zero attached hydrogens (tertiary/aromatic N) is 5. The summed E-state index contributed by atoms with van der Waals surface area (Å²) in [5, 5.41) is 19.6. The molecule has 0 fully saturated rings. The Bertz CT molecular complexity index is 1720. The number of nitrogens with one attached hydrogen (secondary N) is 1. The van der Waals surface area contributed by atoms with Crippen molar-refractivity contribution in [3.63, 3.8) is 0 Å². The van der Waals surface area contributed by atoms with Crippen molar-refractivity contribution in [2.75, 3.05) is 5.32 Å². The van der Waals surface area contributed by atoms with Gasteiger partial charge in [0.1, 0.15) is 0 Å². The number of hydrogen-bond acceptors (Lipinski definition) is 6. The summed E-state index contributed by atoms with van der Waals surface area (Å²) in [4.78, 5) is 4.82. The largest absolute Gasteiger partial charge is 0.423 e. The van der Waals surface area contributed by atoms with Gasteiger partial charge in [-0.25, -0.2) is 0 Å². The third-order valence-corrected chi connectivity index (χ3v) is 6.70. The van der Waals surface area contributed by atoms with Crippen LogP contribution < -0.4 is 5.32 Å². The SMILES string of the molecule is Cc1cc([C@@H](C)Nc2ccccc2-c2nnco2)c2cc(-c3ccc4c(c3)c(C)nn4C)ncc2c1. The summed E-state index contributed by atoms with van der Waals surface area (Å²) >= 11 is 0. The average molecular weight is 475 g/mol. The van der Waals surface area contributed by atoms with E-state index in [1.54, 1.807) is 0 Å². The molecule has 1 atom stereocenters. The Balaban J connectivity index is 1.42. The van der Waals surface area contributed by atoms with Crippen LogP contribution in [0.2, 0.25) is 0 Å². The van der Waals surface area contributed by atoms with Crippen molar-refractivity contribution in [1.29, 1.82) is 0 Å². The molecule has 6 aromatic rings. The molecule has 0 amide bonds. The van der Waals surface area contributed by atoms with Gasteiger partial charge in [0, 0.05) is 41.3 Å². The lowest BCUT2D eigenvalue weighted by molar-refractivity contribution is 0.569. The van der Waals surface area contributed by atoms with Crippen LogP contribution in [-0.4, -0.2) is 25.0 Å². The Hall–Kier alpha value is -4.52. The summed E-state index contributed by atoms with van der Waals surface area (Å²) in [5.41, 5.74) is 8.36. The lowest BCUT2D eigenvalue weighted by Gasteiger charge is -2.20. The third kappa shape index (κ3) is 3.79. The first kappa shape index (κ1) is 22.0. The fourth-order valence-corrected chi connectivity index (χ4v) is 4.95. The second-order valence-electron chi connectivity index (χ2n) is 9.24. The van der Waals surface area contributed by atoms with E-state index >= 15 is 0 Å². The number of aryl methyl sites for hydroxylation is 3. The Morgan fingerprint density at radius 3 is 2.67 bits per heavy atom. The molecular weight excluding hydrogens is 448 g/mol. The van der Waals surface area contributed by atoms with E-state index in [0.29, 0.717) is 5.89 Å². The lowest BCUT2D eigenvalue weighted by atomic mass is 9.96. The number of fused-ring (bicyclic) bond motifs is 2. The molecule has 0 saturated carbocycles. The Kier molecular flexibility index (Phi) is 5.25. The zero-order valence-electron chi connectivity index (χ0n) is 20.6. The highest BCUT2D eigenvalue weighted by Crippen LogP contribution is 2.34. The predicted molar refractivity (Wildman–Crippen MR) is 143 cm³/mol. The lowest BCUT2D eigenvalue weighted by Crippen LogP contribution is -2.09. The molecule has 0 saturated heterocycles. The van der Waals surface area contributed by atoms with Crippen molar-refractivity contribution in [3.05, 3.63) is 90.1 Å². The topological polar surface area (TPSA) is 81.7 Å². The van der Waals surface area contributed by atoms with Crippen LogP contribution in [0.1, 0.15) is 29.8 Å². The minimum Gasteiger partial charge on any atom is -0.423 e. The molecule has 0 aliphatic rings. The van der Waals surface area contributed by atoms with E-state index in [1.807, 2.05) is 49.1 Å². The molecule has 0 unspecified atom stereocenters. The Morgan fingerprint density at radius 2 is 1.83 bits per heavy atom. The van der Waals surface area contributed by atoms with Crippen molar-refractivity contribution in [2.24, 2.45) is 7.05 Å². The predicted octanol–water partition coefficient (Wildman–Crippen LogP) is 6.63. The van der Waals surface area contributed by atoms with Crippen molar-refractivity contribution in [3.8, 4) is 22.7 Å². The van der Waals surface area contributed by atoms with Crippen LogP contribution in [0.5, 0.6) is 0 Å². The standard InChI is InChI=1S/C29H26N6O/c1-17-11-21-15-30-27(20-9-10-28-24(13-20)19(3)34-35(28)4)14-25(21)23(12-17)18(2)32-26-8-6-5-7-22(26)29-33-31-16-36-29/h5-16,18,32H,1-4H3/t18-/m1/s1. The summed E-state index contributed by atoms with van der Waals surface area (Å²) in [6.07, 6.45) is 3.32. The molecule has 36 heavy (non-hydrogen) atoms. The minimum atomic E-state index is 0.0229. The molecule has 7 nitrogen and oxygen atoms in total. The average Bonchev–Trinajstić information content (AvgIpc) is 3.51. The molecule has 178 valence electrons. The monoisotopic (exact) mass is 474 g/mol. The van der Waals surface area contributed by atoms with E-state index in [-0.39, 0.29) is 6.04 Å². The molecule has 0 bridgehead atoms. The van der Waals surface area contributed by atoms with Gasteiger partial charge in [-0.05, 0) is 68.1 Å². The van der Waals surface area contributed by atoms with E-state index < -0.39 is 0 Å². The number of hydrogen-bond donors (Lipinski definition) is 1. The van der Waals surface area contributed by atoms with E-state index in [4.69, 9.17) is 9.40 Å². The number of anilines is 1. The molecule has 6 rings (SSSR count). The molecule has 0 aliphatic carbocycles. The molecule has 0 spiro atoms. The summed E-state index contributed by atoms with van der Waals surface area (Å²) in [7, 11) is 1.98. The van der Waals surface area contributed by atoms with Crippen LogP contribution in [0.3, 0.4) is 0 Å². The number of benzene rings is 3. The smallest absolute Gasteiger partial charge is 0.249 e. The van der Waals surface area contributed by atoms with E-state index in [9.17, 15) is 0 Å².